The van der Waals surface area contributed by atoms with E-state index in [0.717, 1.165) is 5.52 Å². The third kappa shape index (κ3) is 2.82. The molecule has 3 rings (SSSR count). The minimum atomic E-state index is -0.574. The number of ether oxygens (including phenoxy) is 1. The van der Waals surface area contributed by atoms with Gasteiger partial charge >= 0.3 is 5.97 Å². The number of benzene rings is 1. The first-order valence-corrected chi connectivity index (χ1v) is 7.68. The number of aryl methyl sites for hydroxylation is 1. The van der Waals surface area contributed by atoms with Crippen molar-refractivity contribution in [3.8, 4) is 0 Å². The predicted octanol–water partition coefficient (Wildman–Crippen LogP) is 1.30. The van der Waals surface area contributed by atoms with E-state index in [1.165, 1.54) is 13.2 Å². The van der Waals surface area contributed by atoms with Gasteiger partial charge in [0.1, 0.15) is 17.4 Å². The van der Waals surface area contributed by atoms with Gasteiger partial charge in [0.25, 0.3) is 0 Å². The zero-order valence-corrected chi connectivity index (χ0v) is 13.2. The minimum absolute atomic E-state index is 0.332. The van der Waals surface area contributed by atoms with Gasteiger partial charge in [-0.25, -0.2) is 9.37 Å². The van der Waals surface area contributed by atoms with Crippen LogP contribution in [0.2, 0.25) is 0 Å². The van der Waals surface area contributed by atoms with E-state index in [2.05, 4.69) is 4.98 Å². The van der Waals surface area contributed by atoms with Gasteiger partial charge in [-0.3, -0.25) is 9.69 Å². The third-order valence-corrected chi connectivity index (χ3v) is 4.32. The molecular weight excluding hydrogens is 301 g/mol. The summed E-state index contributed by atoms with van der Waals surface area (Å²) in [6.07, 6.45) is -0.233. The molecule has 6 nitrogen and oxygen atoms in total. The van der Waals surface area contributed by atoms with Crippen molar-refractivity contribution < 1.29 is 19.0 Å². The third-order valence-electron chi connectivity index (χ3n) is 4.32. The highest BCUT2D eigenvalue weighted by atomic mass is 19.1. The fraction of sp³-hybridized carbons (Fsp3) is 0.500. The lowest BCUT2D eigenvalue weighted by molar-refractivity contribution is -0.146. The average molecular weight is 321 g/mol. The van der Waals surface area contributed by atoms with Crippen LogP contribution < -0.4 is 0 Å². The molecule has 1 aliphatic rings. The van der Waals surface area contributed by atoms with Crippen LogP contribution in [0.4, 0.5) is 4.39 Å². The molecule has 0 radical (unpaired) electrons. The number of rotatable bonds is 4. The van der Waals surface area contributed by atoms with Crippen molar-refractivity contribution >= 4 is 17.0 Å². The number of carbonyl (C=O) groups excluding carboxylic acids is 1. The highest BCUT2D eigenvalue weighted by molar-refractivity contribution is 5.77. The number of aliphatic hydroxyl groups is 1. The number of imidazole rings is 1. The second-order valence-corrected chi connectivity index (χ2v) is 5.74. The number of carbonyl (C=O) groups is 1. The Morgan fingerprint density at radius 1 is 1.52 bits per heavy atom. The van der Waals surface area contributed by atoms with Gasteiger partial charge in [-0.2, -0.15) is 0 Å². The molecule has 2 unspecified atom stereocenters. The van der Waals surface area contributed by atoms with Crippen molar-refractivity contribution in [2.24, 2.45) is 0 Å². The van der Waals surface area contributed by atoms with Gasteiger partial charge in [0.15, 0.2) is 5.82 Å². The molecule has 1 aromatic heterocycles. The molecule has 23 heavy (non-hydrogen) atoms. The number of nitrogens with zero attached hydrogens (tertiary/aromatic N) is 3. The number of aromatic nitrogens is 2. The number of methoxy groups -OCH3 is 1. The SMILES string of the molecule is CCn1c(CN2CC(O)CC2C(=O)OC)nc2c(F)cccc21. The fourth-order valence-corrected chi connectivity index (χ4v) is 3.25. The summed E-state index contributed by atoms with van der Waals surface area (Å²) in [4.78, 5) is 18.1. The summed E-state index contributed by atoms with van der Waals surface area (Å²) in [7, 11) is 1.34. The van der Waals surface area contributed by atoms with Gasteiger partial charge in [0, 0.05) is 19.5 Å². The van der Waals surface area contributed by atoms with Crippen molar-refractivity contribution in [3.63, 3.8) is 0 Å². The first-order valence-electron chi connectivity index (χ1n) is 7.68. The molecule has 0 amide bonds. The summed E-state index contributed by atoms with van der Waals surface area (Å²) in [5, 5.41) is 9.87. The zero-order chi connectivity index (χ0) is 16.6. The van der Waals surface area contributed by atoms with Crippen LogP contribution in [-0.2, 0) is 22.6 Å². The van der Waals surface area contributed by atoms with Crippen molar-refractivity contribution in [3.05, 3.63) is 29.8 Å². The molecule has 1 N–H and O–H groups in total. The maximum Gasteiger partial charge on any atom is 0.323 e. The van der Waals surface area contributed by atoms with Crippen molar-refractivity contribution in [1.29, 1.82) is 0 Å². The van der Waals surface area contributed by atoms with E-state index in [1.807, 2.05) is 22.5 Å². The van der Waals surface area contributed by atoms with Gasteiger partial charge in [0.05, 0.1) is 25.3 Å². The Balaban J connectivity index is 1.94. The first-order chi connectivity index (χ1) is 11.0. The van der Waals surface area contributed by atoms with E-state index in [1.54, 1.807) is 6.07 Å². The smallest absolute Gasteiger partial charge is 0.323 e. The number of hydrogen-bond acceptors (Lipinski definition) is 5. The lowest BCUT2D eigenvalue weighted by Crippen LogP contribution is -2.37. The van der Waals surface area contributed by atoms with E-state index in [9.17, 15) is 14.3 Å². The highest BCUT2D eigenvalue weighted by Gasteiger charge is 2.37. The number of likely N-dealkylation sites (tertiary alicyclic amines) is 1. The molecule has 0 aliphatic carbocycles. The molecule has 2 aromatic rings. The molecule has 0 bridgehead atoms. The Morgan fingerprint density at radius 2 is 2.30 bits per heavy atom. The van der Waals surface area contributed by atoms with Crippen LogP contribution >= 0.6 is 0 Å². The fourth-order valence-electron chi connectivity index (χ4n) is 3.25. The zero-order valence-electron chi connectivity index (χ0n) is 13.2. The lowest BCUT2D eigenvalue weighted by atomic mass is 10.2. The van der Waals surface area contributed by atoms with Crippen molar-refractivity contribution in [2.75, 3.05) is 13.7 Å². The molecule has 1 fully saturated rings. The Hall–Kier alpha value is -1.99. The number of aliphatic hydroxyl groups excluding tert-OH is 1. The predicted molar refractivity (Wildman–Crippen MR) is 82.2 cm³/mol. The summed E-state index contributed by atoms with van der Waals surface area (Å²) >= 11 is 0. The monoisotopic (exact) mass is 321 g/mol. The topological polar surface area (TPSA) is 67.6 Å². The molecule has 1 saturated heterocycles. The van der Waals surface area contributed by atoms with Crippen LogP contribution in [0.25, 0.3) is 11.0 Å². The van der Waals surface area contributed by atoms with E-state index >= 15 is 0 Å². The average Bonchev–Trinajstić information content (AvgIpc) is 3.08. The maximum atomic E-state index is 13.9. The van der Waals surface area contributed by atoms with Crippen LogP contribution in [-0.4, -0.2) is 51.3 Å². The van der Waals surface area contributed by atoms with Crippen LogP contribution in [0.1, 0.15) is 19.2 Å². The van der Waals surface area contributed by atoms with Crippen LogP contribution in [0.15, 0.2) is 18.2 Å². The van der Waals surface area contributed by atoms with Crippen molar-refractivity contribution in [2.45, 2.75) is 38.6 Å². The van der Waals surface area contributed by atoms with E-state index < -0.39 is 12.1 Å². The summed E-state index contributed by atoms with van der Waals surface area (Å²) in [6.45, 7) is 3.34. The highest BCUT2D eigenvalue weighted by Crippen LogP contribution is 2.24. The lowest BCUT2D eigenvalue weighted by Gasteiger charge is -2.21. The largest absolute Gasteiger partial charge is 0.468 e. The number of fused-ring (bicyclic) bond motifs is 1. The normalized spacial score (nSPS) is 21.9. The first kappa shape index (κ1) is 15.9. The molecule has 0 saturated carbocycles. The quantitative estimate of drug-likeness (QED) is 0.860. The number of hydrogen-bond donors (Lipinski definition) is 1. The van der Waals surface area contributed by atoms with Gasteiger partial charge in [0.2, 0.25) is 0 Å². The standard InChI is InChI=1S/C16H20FN3O3/c1-3-20-12-6-4-5-11(17)15(12)18-14(20)9-19-8-10(21)7-13(19)16(22)23-2/h4-6,10,13,21H,3,7-9H2,1-2H3. The second kappa shape index (κ2) is 6.25. The number of halogens is 1. The summed E-state index contributed by atoms with van der Waals surface area (Å²) in [5.74, 6) is -0.0515. The van der Waals surface area contributed by atoms with Gasteiger partial charge in [-0.15, -0.1) is 0 Å². The minimum Gasteiger partial charge on any atom is -0.468 e. The molecule has 7 heteroatoms. The molecule has 2 atom stereocenters. The molecule has 0 spiro atoms. The molecule has 2 heterocycles. The molecule has 1 aromatic carbocycles. The van der Waals surface area contributed by atoms with Gasteiger partial charge in [-0.1, -0.05) is 6.07 Å². The van der Waals surface area contributed by atoms with Crippen LogP contribution in [0, 0.1) is 5.82 Å². The Morgan fingerprint density at radius 3 is 3.00 bits per heavy atom. The van der Waals surface area contributed by atoms with Crippen LogP contribution in [0.5, 0.6) is 0 Å². The molecule has 124 valence electrons. The Bertz CT molecular complexity index is 731. The summed E-state index contributed by atoms with van der Waals surface area (Å²) in [6, 6.07) is 4.38. The van der Waals surface area contributed by atoms with Crippen molar-refractivity contribution in [1.82, 2.24) is 14.5 Å². The van der Waals surface area contributed by atoms with E-state index in [4.69, 9.17) is 4.74 Å². The molecule has 1 aliphatic heterocycles. The Labute approximate surface area is 133 Å². The maximum absolute atomic E-state index is 13.9. The number of β-amino-alcohol motifs (C(OH)–C–C–N with tert-alkyl or cyclic N) is 1. The van der Waals surface area contributed by atoms with E-state index in [-0.39, 0.29) is 11.8 Å². The molecular formula is C16H20FN3O3. The van der Waals surface area contributed by atoms with E-state index in [0.29, 0.717) is 37.4 Å². The van der Waals surface area contributed by atoms with Gasteiger partial charge in [-0.05, 0) is 19.1 Å². The summed E-state index contributed by atoms with van der Waals surface area (Å²) in [5.41, 5.74) is 1.07. The number of esters is 1. The number of para-hydroxylation sites is 1. The second-order valence-electron chi connectivity index (χ2n) is 5.74. The van der Waals surface area contributed by atoms with Crippen LogP contribution in [0.3, 0.4) is 0 Å². The Kier molecular flexibility index (Phi) is 4.32. The van der Waals surface area contributed by atoms with Gasteiger partial charge < -0.3 is 14.4 Å². The summed E-state index contributed by atoms with van der Waals surface area (Å²) < 4.78 is 20.7.